The van der Waals surface area contributed by atoms with E-state index in [0.29, 0.717) is 23.9 Å². The molecule has 1 aromatic heterocycles. The van der Waals surface area contributed by atoms with Gasteiger partial charge in [0.05, 0.1) is 24.4 Å². The van der Waals surface area contributed by atoms with E-state index in [0.717, 1.165) is 31.2 Å². The minimum absolute atomic E-state index is 0.0220. The van der Waals surface area contributed by atoms with Crippen LogP contribution in [0.15, 0.2) is 78.0 Å². The van der Waals surface area contributed by atoms with E-state index in [2.05, 4.69) is 127 Å². The zero-order chi connectivity index (χ0) is 38.4. The smallest absolute Gasteiger partial charge is 0.185 e. The molecule has 7 heteroatoms. The SMILES string of the molecule is CC(=N)C(C)C.CC(C)CN=C(N)N.CC(C)Cc1cccnc1.CC(C)OC(C)(C)C.CC(C)OCC1c2ccccc2-c2ccccc21. The van der Waals surface area contributed by atoms with Gasteiger partial charge in [-0.2, -0.15) is 0 Å². The van der Waals surface area contributed by atoms with Gasteiger partial charge in [-0.15, -0.1) is 0 Å². The Labute approximate surface area is 306 Å². The Morgan fingerprint density at radius 2 is 1.28 bits per heavy atom. The van der Waals surface area contributed by atoms with Crippen LogP contribution in [0, 0.1) is 23.2 Å². The molecule has 4 rings (SSSR count). The maximum absolute atomic E-state index is 6.95. The lowest BCUT2D eigenvalue weighted by Crippen LogP contribution is -2.23. The summed E-state index contributed by atoms with van der Waals surface area (Å²) in [5, 5.41) is 6.95. The molecule has 280 valence electrons. The van der Waals surface area contributed by atoms with Crippen LogP contribution in [-0.4, -0.2) is 47.6 Å². The number of ether oxygens (including phenoxy) is 2. The van der Waals surface area contributed by atoms with Gasteiger partial charge in [0.2, 0.25) is 0 Å². The number of hydrogen-bond acceptors (Lipinski definition) is 5. The second kappa shape index (κ2) is 24.6. The van der Waals surface area contributed by atoms with Gasteiger partial charge >= 0.3 is 0 Å². The van der Waals surface area contributed by atoms with Crippen molar-refractivity contribution in [2.45, 2.75) is 127 Å². The standard InChI is InChI=1S/C17H18O.C9H13N.C7H16O.C5H13N3.C5H11N/c1-12(2)18-11-17-15-9-5-3-7-13(15)14-8-4-6-10-16(14)17;1-8(2)6-9-4-3-5-10-7-9;1-6(2)8-7(3,4)5;1-4(2)3-8-5(6)7;1-4(2)5(3)6/h3-10,12,17H,11H2,1-2H3;3-5,7-8H,6H2,1-2H3;6H,1-5H3;4H,3H2,1-2H3,(H4,6,7,8);4,6H,1-3H3. The molecule has 2 aromatic carbocycles. The minimum Gasteiger partial charge on any atom is -0.378 e. The zero-order valence-corrected chi connectivity index (χ0v) is 33.9. The molecule has 50 heavy (non-hydrogen) atoms. The molecular formula is C43H71N5O2. The van der Waals surface area contributed by atoms with Gasteiger partial charge in [-0.3, -0.25) is 9.98 Å². The summed E-state index contributed by atoms with van der Waals surface area (Å²) >= 11 is 0. The molecule has 0 spiro atoms. The van der Waals surface area contributed by atoms with Crippen molar-refractivity contribution in [3.05, 3.63) is 89.7 Å². The number of guanidine groups is 1. The highest BCUT2D eigenvalue weighted by atomic mass is 16.5. The van der Waals surface area contributed by atoms with E-state index < -0.39 is 0 Å². The maximum Gasteiger partial charge on any atom is 0.185 e. The largest absolute Gasteiger partial charge is 0.378 e. The van der Waals surface area contributed by atoms with Gasteiger partial charge in [-0.05, 0) is 113 Å². The van der Waals surface area contributed by atoms with Gasteiger partial charge < -0.3 is 26.4 Å². The highest BCUT2D eigenvalue weighted by Crippen LogP contribution is 2.44. The molecule has 0 aliphatic heterocycles. The van der Waals surface area contributed by atoms with Gasteiger partial charge in [0.25, 0.3) is 0 Å². The third kappa shape index (κ3) is 22.2. The summed E-state index contributed by atoms with van der Waals surface area (Å²) in [6, 6.07) is 21.4. The molecule has 0 atom stereocenters. The molecule has 0 saturated heterocycles. The van der Waals surface area contributed by atoms with Gasteiger partial charge in [-0.1, -0.05) is 96.1 Å². The number of nitrogens with one attached hydrogen (secondary N) is 1. The highest BCUT2D eigenvalue weighted by molar-refractivity contribution is 5.80. The Morgan fingerprint density at radius 1 is 0.780 bits per heavy atom. The van der Waals surface area contributed by atoms with Crippen molar-refractivity contribution >= 4 is 11.7 Å². The number of nitrogens with two attached hydrogens (primary N) is 2. The number of benzene rings is 2. The molecule has 0 amide bonds. The summed E-state index contributed by atoms with van der Waals surface area (Å²) in [5.41, 5.74) is 17.8. The van der Waals surface area contributed by atoms with Crippen LogP contribution in [0.5, 0.6) is 0 Å². The zero-order valence-electron chi connectivity index (χ0n) is 33.9. The molecule has 0 fully saturated rings. The molecule has 1 aliphatic carbocycles. The van der Waals surface area contributed by atoms with Crippen LogP contribution in [0.3, 0.4) is 0 Å². The average Bonchev–Trinajstić information content (AvgIpc) is 3.33. The normalized spacial score (nSPS) is 11.7. The van der Waals surface area contributed by atoms with Crippen molar-refractivity contribution in [1.29, 1.82) is 5.41 Å². The fourth-order valence-electron chi connectivity index (χ4n) is 4.71. The lowest BCUT2D eigenvalue weighted by atomic mass is 9.98. The molecule has 7 nitrogen and oxygen atoms in total. The van der Waals surface area contributed by atoms with Crippen LogP contribution in [0.4, 0.5) is 0 Å². The average molecular weight is 690 g/mol. The van der Waals surface area contributed by atoms with Crippen LogP contribution in [0.1, 0.15) is 120 Å². The topological polar surface area (TPSA) is 120 Å². The third-order valence-corrected chi connectivity index (χ3v) is 7.02. The van der Waals surface area contributed by atoms with Crippen molar-refractivity contribution in [3.8, 4) is 11.1 Å². The second-order valence-electron chi connectivity index (χ2n) is 15.3. The number of rotatable bonds is 9. The van der Waals surface area contributed by atoms with Crippen molar-refractivity contribution in [3.63, 3.8) is 0 Å². The summed E-state index contributed by atoms with van der Waals surface area (Å²) in [7, 11) is 0. The number of pyridine rings is 1. The van der Waals surface area contributed by atoms with Crippen molar-refractivity contribution in [2.24, 2.45) is 34.2 Å². The monoisotopic (exact) mass is 690 g/mol. The number of aromatic nitrogens is 1. The maximum atomic E-state index is 6.95. The van der Waals surface area contributed by atoms with Crippen LogP contribution < -0.4 is 11.5 Å². The van der Waals surface area contributed by atoms with Gasteiger partial charge in [0, 0.05) is 30.6 Å². The molecule has 5 N–H and O–H groups in total. The molecular weight excluding hydrogens is 619 g/mol. The molecule has 0 bridgehead atoms. The summed E-state index contributed by atoms with van der Waals surface area (Å²) in [6.45, 7) is 30.4. The number of hydrogen-bond donors (Lipinski definition) is 3. The van der Waals surface area contributed by atoms with Crippen LogP contribution in [-0.2, 0) is 15.9 Å². The molecule has 0 saturated carbocycles. The predicted octanol–water partition coefficient (Wildman–Crippen LogP) is 10.3. The Bertz CT molecular complexity index is 1310. The first-order valence-corrected chi connectivity index (χ1v) is 18.2. The first kappa shape index (κ1) is 46.5. The van der Waals surface area contributed by atoms with Crippen LogP contribution >= 0.6 is 0 Å². The Morgan fingerprint density at radius 3 is 1.58 bits per heavy atom. The number of fused-ring (bicyclic) bond motifs is 3. The Balaban J connectivity index is 0.000000648. The van der Waals surface area contributed by atoms with E-state index >= 15 is 0 Å². The second-order valence-corrected chi connectivity index (χ2v) is 15.3. The Hall–Kier alpha value is -3.55. The summed E-state index contributed by atoms with van der Waals surface area (Å²) in [5.74, 6) is 2.27. The van der Waals surface area contributed by atoms with E-state index in [1.54, 1.807) is 0 Å². The lowest BCUT2D eigenvalue weighted by Gasteiger charge is -2.22. The molecule has 3 aromatic rings. The number of aliphatic imine (C=N–C) groups is 1. The van der Waals surface area contributed by atoms with Gasteiger partial charge in [0.15, 0.2) is 5.96 Å². The summed E-state index contributed by atoms with van der Waals surface area (Å²) in [6.07, 6.45) is 5.50. The van der Waals surface area contributed by atoms with Crippen molar-refractivity contribution in [1.82, 2.24) is 4.98 Å². The van der Waals surface area contributed by atoms with E-state index in [1.807, 2.05) is 53.1 Å². The van der Waals surface area contributed by atoms with Gasteiger partial charge in [0.1, 0.15) is 0 Å². The summed E-state index contributed by atoms with van der Waals surface area (Å²) in [4.78, 5) is 7.83. The van der Waals surface area contributed by atoms with E-state index in [9.17, 15) is 0 Å². The minimum atomic E-state index is 0.0220. The quantitative estimate of drug-likeness (QED) is 0.153. The lowest BCUT2D eigenvalue weighted by molar-refractivity contribution is -0.0424. The van der Waals surface area contributed by atoms with Crippen molar-refractivity contribution < 1.29 is 9.47 Å². The predicted molar refractivity (Wildman–Crippen MR) is 217 cm³/mol. The van der Waals surface area contributed by atoms with Crippen LogP contribution in [0.2, 0.25) is 0 Å². The molecule has 1 heterocycles. The van der Waals surface area contributed by atoms with E-state index in [1.165, 1.54) is 27.8 Å². The molecule has 0 unspecified atom stereocenters. The van der Waals surface area contributed by atoms with Gasteiger partial charge in [-0.25, -0.2) is 0 Å². The van der Waals surface area contributed by atoms with Crippen molar-refractivity contribution in [2.75, 3.05) is 13.2 Å². The molecule has 1 aliphatic rings. The Kier molecular flexibility index (Phi) is 22.8. The summed E-state index contributed by atoms with van der Waals surface area (Å²) < 4.78 is 11.3. The van der Waals surface area contributed by atoms with E-state index in [4.69, 9.17) is 26.4 Å². The highest BCUT2D eigenvalue weighted by Gasteiger charge is 2.28. The fourth-order valence-corrected chi connectivity index (χ4v) is 4.71. The fraction of sp³-hybridized carbons (Fsp3) is 0.558. The van der Waals surface area contributed by atoms with Crippen LogP contribution in [0.25, 0.3) is 11.1 Å². The first-order chi connectivity index (χ1) is 23.2. The number of nitrogens with zero attached hydrogens (tertiary/aromatic N) is 2. The first-order valence-electron chi connectivity index (χ1n) is 18.2. The molecule has 0 radical (unpaired) electrons. The van der Waals surface area contributed by atoms with E-state index in [-0.39, 0.29) is 17.7 Å². The third-order valence-electron chi connectivity index (χ3n) is 7.02.